The van der Waals surface area contributed by atoms with E-state index < -0.39 is 15.6 Å². The maximum Gasteiger partial charge on any atom is 0.251 e. The molecule has 1 amide bonds. The lowest BCUT2D eigenvalue weighted by atomic mass is 9.89. The van der Waals surface area contributed by atoms with E-state index in [1.807, 2.05) is 18.2 Å². The molecule has 0 radical (unpaired) electrons. The summed E-state index contributed by atoms with van der Waals surface area (Å²) in [5, 5.41) is 0. The van der Waals surface area contributed by atoms with Crippen molar-refractivity contribution < 1.29 is 18.0 Å². The Hall–Kier alpha value is -2.78. The Kier molecular flexibility index (Phi) is 7.63. The van der Waals surface area contributed by atoms with Gasteiger partial charge in [-0.25, -0.2) is 8.42 Å². The van der Waals surface area contributed by atoms with E-state index in [-0.39, 0.29) is 29.0 Å². The monoisotopic (exact) mass is 459 g/mol. The van der Waals surface area contributed by atoms with Crippen LogP contribution >= 0.6 is 0 Å². The smallest absolute Gasteiger partial charge is 0.251 e. The van der Waals surface area contributed by atoms with Crippen LogP contribution in [0.15, 0.2) is 58.4 Å². The van der Waals surface area contributed by atoms with Crippen molar-refractivity contribution in [2.24, 2.45) is 5.92 Å². The highest BCUT2D eigenvalue weighted by molar-refractivity contribution is 7.89. The Labute approximate surface area is 188 Å². The highest BCUT2D eigenvalue weighted by Gasteiger charge is 2.28. The molecule has 0 atom stereocenters. The Bertz CT molecular complexity index is 1120. The molecule has 3 rings (SSSR count). The molecule has 0 spiro atoms. The number of piperidine rings is 1. The number of carbonyl (C=O) groups excluding carboxylic acids is 2. The number of aromatic nitrogens is 1. The van der Waals surface area contributed by atoms with Gasteiger partial charge in [0, 0.05) is 49.9 Å². The Morgan fingerprint density at radius 2 is 1.62 bits per heavy atom. The lowest BCUT2D eigenvalue weighted by Gasteiger charge is -2.31. The molecule has 1 aromatic carbocycles. The summed E-state index contributed by atoms with van der Waals surface area (Å²) in [5.74, 6) is -0.315. The van der Waals surface area contributed by atoms with Crippen molar-refractivity contribution in [2.75, 3.05) is 26.2 Å². The molecule has 1 fully saturated rings. The van der Waals surface area contributed by atoms with Crippen LogP contribution in [0.3, 0.4) is 0 Å². The molecule has 1 aliphatic heterocycles. The Morgan fingerprint density at radius 3 is 2.22 bits per heavy atom. The van der Waals surface area contributed by atoms with E-state index in [2.05, 4.69) is 0 Å². The predicted octanol–water partition coefficient (Wildman–Crippen LogP) is 2.00. The number of carbonyl (C=O) groups is 2. The van der Waals surface area contributed by atoms with Crippen molar-refractivity contribution in [3.05, 3.63) is 64.6 Å². The number of rotatable bonds is 8. The molecule has 0 bridgehead atoms. The number of amides is 1. The van der Waals surface area contributed by atoms with Gasteiger partial charge in [0.1, 0.15) is 6.54 Å². The van der Waals surface area contributed by atoms with Crippen LogP contribution in [0, 0.1) is 5.92 Å². The quantitative estimate of drug-likeness (QED) is 0.563. The fraction of sp³-hybridized carbons (Fsp3) is 0.435. The third-order valence-corrected chi connectivity index (χ3v) is 7.92. The molecule has 172 valence electrons. The highest BCUT2D eigenvalue weighted by Crippen LogP contribution is 2.22. The fourth-order valence-corrected chi connectivity index (χ4v) is 5.45. The zero-order valence-electron chi connectivity index (χ0n) is 18.4. The zero-order valence-corrected chi connectivity index (χ0v) is 19.3. The van der Waals surface area contributed by atoms with E-state index in [4.69, 9.17) is 0 Å². The second-order valence-corrected chi connectivity index (χ2v) is 9.74. The first-order chi connectivity index (χ1) is 15.3. The number of hydrogen-bond donors (Lipinski definition) is 0. The third kappa shape index (κ3) is 5.16. The summed E-state index contributed by atoms with van der Waals surface area (Å²) in [6.45, 7) is 4.72. The molecule has 0 unspecified atom stereocenters. The van der Waals surface area contributed by atoms with E-state index >= 15 is 0 Å². The van der Waals surface area contributed by atoms with Gasteiger partial charge in [-0.2, -0.15) is 4.31 Å². The van der Waals surface area contributed by atoms with Crippen LogP contribution in [-0.2, 0) is 21.4 Å². The first kappa shape index (κ1) is 23.9. The van der Waals surface area contributed by atoms with Crippen molar-refractivity contribution >= 4 is 21.7 Å². The molecule has 0 aliphatic carbocycles. The first-order valence-electron chi connectivity index (χ1n) is 10.9. The summed E-state index contributed by atoms with van der Waals surface area (Å²) in [7, 11) is -3.73. The topological polar surface area (TPSA) is 96.8 Å². The lowest BCUT2D eigenvalue weighted by Crippen LogP contribution is -2.43. The van der Waals surface area contributed by atoms with Gasteiger partial charge < -0.3 is 9.47 Å². The molecule has 1 aliphatic rings. The van der Waals surface area contributed by atoms with Crippen molar-refractivity contribution in [1.29, 1.82) is 0 Å². The van der Waals surface area contributed by atoms with Crippen LogP contribution in [0.4, 0.5) is 0 Å². The summed E-state index contributed by atoms with van der Waals surface area (Å²) in [6.07, 6.45) is 2.36. The first-order valence-corrected chi connectivity index (χ1v) is 12.3. The molecule has 1 saturated heterocycles. The average molecular weight is 460 g/mol. The van der Waals surface area contributed by atoms with Gasteiger partial charge in [0.2, 0.25) is 15.9 Å². The number of hydrogen-bond acceptors (Lipinski definition) is 5. The lowest BCUT2D eigenvalue weighted by molar-refractivity contribution is -0.133. The van der Waals surface area contributed by atoms with E-state index in [0.717, 1.165) is 4.57 Å². The van der Waals surface area contributed by atoms with Crippen LogP contribution in [0.1, 0.15) is 37.0 Å². The number of Topliss-reactive ketones (excluding diaryl/α,β-unsaturated/α-hetero) is 1. The van der Waals surface area contributed by atoms with Gasteiger partial charge in [0.05, 0.1) is 4.90 Å². The minimum atomic E-state index is -3.73. The van der Waals surface area contributed by atoms with Crippen molar-refractivity contribution in [1.82, 2.24) is 13.8 Å². The summed E-state index contributed by atoms with van der Waals surface area (Å²) < 4.78 is 27.9. The minimum absolute atomic E-state index is 0.0132. The normalized spacial score (nSPS) is 15.2. The third-order valence-electron chi connectivity index (χ3n) is 5.88. The Morgan fingerprint density at radius 1 is 1.00 bits per heavy atom. The molecule has 1 aromatic heterocycles. The maximum absolute atomic E-state index is 12.8. The standard InChI is InChI=1S/C23H29N3O5S/c1-3-26(4-2)32(30,31)20-10-11-21(27)25(16-20)17-22(28)24-14-12-19(13-15-24)23(29)18-8-6-5-7-9-18/h5-11,16,19H,3-4,12-15,17H2,1-2H3. The molecule has 8 nitrogen and oxygen atoms in total. The van der Waals surface area contributed by atoms with Crippen LogP contribution in [0.25, 0.3) is 0 Å². The number of likely N-dealkylation sites (tertiary alicyclic amines) is 1. The molecular formula is C23H29N3O5S. The average Bonchev–Trinajstić information content (AvgIpc) is 2.81. The Balaban J connectivity index is 1.67. The summed E-state index contributed by atoms with van der Waals surface area (Å²) in [6, 6.07) is 11.6. The number of benzene rings is 1. The maximum atomic E-state index is 12.8. The number of sulfonamides is 1. The number of pyridine rings is 1. The minimum Gasteiger partial charge on any atom is -0.341 e. The molecule has 32 heavy (non-hydrogen) atoms. The highest BCUT2D eigenvalue weighted by atomic mass is 32.2. The van der Waals surface area contributed by atoms with Gasteiger partial charge in [-0.1, -0.05) is 44.2 Å². The molecule has 0 saturated carbocycles. The van der Waals surface area contributed by atoms with Gasteiger partial charge >= 0.3 is 0 Å². The molecule has 9 heteroatoms. The van der Waals surface area contributed by atoms with Gasteiger partial charge in [0.25, 0.3) is 5.56 Å². The van der Waals surface area contributed by atoms with E-state index in [1.54, 1.807) is 30.9 Å². The zero-order chi connectivity index (χ0) is 23.3. The van der Waals surface area contributed by atoms with Crippen molar-refractivity contribution in [3.63, 3.8) is 0 Å². The summed E-state index contributed by atoms with van der Waals surface area (Å²) >= 11 is 0. The van der Waals surface area contributed by atoms with Gasteiger partial charge in [0.15, 0.2) is 5.78 Å². The summed E-state index contributed by atoms with van der Waals surface area (Å²) in [5.41, 5.74) is 0.237. The second kappa shape index (κ2) is 10.2. The van der Waals surface area contributed by atoms with Gasteiger partial charge in [-0.15, -0.1) is 0 Å². The summed E-state index contributed by atoms with van der Waals surface area (Å²) in [4.78, 5) is 39.3. The number of ketones is 1. The van der Waals surface area contributed by atoms with Gasteiger partial charge in [-0.3, -0.25) is 14.4 Å². The molecule has 0 N–H and O–H groups in total. The predicted molar refractivity (Wildman–Crippen MR) is 121 cm³/mol. The second-order valence-electron chi connectivity index (χ2n) is 7.81. The van der Waals surface area contributed by atoms with E-state index in [0.29, 0.717) is 44.6 Å². The SMILES string of the molecule is CCN(CC)S(=O)(=O)c1ccc(=O)n(CC(=O)N2CCC(C(=O)c3ccccc3)CC2)c1. The van der Waals surface area contributed by atoms with Crippen LogP contribution < -0.4 is 5.56 Å². The fourth-order valence-electron chi connectivity index (χ4n) is 3.97. The van der Waals surface area contributed by atoms with E-state index in [9.17, 15) is 22.8 Å². The van der Waals surface area contributed by atoms with Crippen LogP contribution in [0.2, 0.25) is 0 Å². The van der Waals surface area contributed by atoms with Crippen molar-refractivity contribution in [3.8, 4) is 0 Å². The van der Waals surface area contributed by atoms with Crippen LogP contribution in [-0.4, -0.2) is 60.1 Å². The largest absolute Gasteiger partial charge is 0.341 e. The molecule has 2 aromatic rings. The van der Waals surface area contributed by atoms with Crippen LogP contribution in [0.5, 0.6) is 0 Å². The van der Waals surface area contributed by atoms with Crippen molar-refractivity contribution in [2.45, 2.75) is 38.1 Å². The van der Waals surface area contributed by atoms with E-state index in [1.165, 1.54) is 22.6 Å². The molecule has 2 heterocycles. The number of nitrogens with zero attached hydrogens (tertiary/aromatic N) is 3. The molecular weight excluding hydrogens is 430 g/mol. The van der Waals surface area contributed by atoms with Gasteiger partial charge in [-0.05, 0) is 18.9 Å².